The maximum atomic E-state index is 6.35. The van der Waals surface area contributed by atoms with Crippen molar-refractivity contribution in [2.45, 2.75) is 56.8 Å². The average molecular weight is 354 g/mol. The zero-order valence-corrected chi connectivity index (χ0v) is 14.4. The van der Waals surface area contributed by atoms with Gasteiger partial charge in [-0.25, -0.2) is 0 Å². The summed E-state index contributed by atoms with van der Waals surface area (Å²) in [4.78, 5) is 0. The standard InChI is InChI=1S/C17H24BrNO2/c1-12(19-2)15-10-13(18)4-5-16(15)21-14-6-9-20-17(11-14)7-3-8-17/h4-5,10,12,14,19H,3,6-9,11H2,1-2H3. The number of rotatable bonds is 4. The van der Waals surface area contributed by atoms with E-state index in [1.807, 2.05) is 7.05 Å². The maximum Gasteiger partial charge on any atom is 0.124 e. The highest BCUT2D eigenvalue weighted by atomic mass is 79.9. The van der Waals surface area contributed by atoms with Crippen LogP contribution in [0.2, 0.25) is 0 Å². The van der Waals surface area contributed by atoms with Crippen molar-refractivity contribution < 1.29 is 9.47 Å². The highest BCUT2D eigenvalue weighted by molar-refractivity contribution is 9.10. The molecule has 116 valence electrons. The first-order valence-corrected chi connectivity index (χ1v) is 8.68. The Morgan fingerprint density at radius 1 is 1.43 bits per heavy atom. The fourth-order valence-corrected chi connectivity index (χ4v) is 3.68. The number of ether oxygens (including phenoxy) is 2. The van der Waals surface area contributed by atoms with Crippen LogP contribution < -0.4 is 10.1 Å². The van der Waals surface area contributed by atoms with Gasteiger partial charge in [-0.05, 0) is 51.4 Å². The van der Waals surface area contributed by atoms with Gasteiger partial charge in [0, 0.05) is 28.9 Å². The number of benzene rings is 1. The monoisotopic (exact) mass is 353 g/mol. The summed E-state index contributed by atoms with van der Waals surface area (Å²) in [6.45, 7) is 2.99. The molecule has 1 aromatic rings. The minimum atomic E-state index is 0.132. The molecule has 2 aliphatic rings. The van der Waals surface area contributed by atoms with E-state index in [0.717, 1.165) is 29.7 Å². The molecule has 2 unspecified atom stereocenters. The van der Waals surface area contributed by atoms with Crippen molar-refractivity contribution in [3.05, 3.63) is 28.2 Å². The van der Waals surface area contributed by atoms with Gasteiger partial charge >= 0.3 is 0 Å². The van der Waals surface area contributed by atoms with E-state index in [2.05, 4.69) is 46.4 Å². The van der Waals surface area contributed by atoms with E-state index in [-0.39, 0.29) is 17.7 Å². The van der Waals surface area contributed by atoms with Crippen LogP contribution in [0.3, 0.4) is 0 Å². The molecule has 2 fully saturated rings. The van der Waals surface area contributed by atoms with Gasteiger partial charge in [0.25, 0.3) is 0 Å². The van der Waals surface area contributed by atoms with Gasteiger partial charge in [0.15, 0.2) is 0 Å². The number of nitrogens with one attached hydrogen (secondary N) is 1. The van der Waals surface area contributed by atoms with Crippen LogP contribution in [0, 0.1) is 0 Å². The molecule has 0 radical (unpaired) electrons. The van der Waals surface area contributed by atoms with Crippen LogP contribution in [0.5, 0.6) is 5.75 Å². The van der Waals surface area contributed by atoms with Crippen LogP contribution in [0.4, 0.5) is 0 Å². The van der Waals surface area contributed by atoms with E-state index in [0.29, 0.717) is 0 Å². The molecule has 1 aliphatic carbocycles. The molecule has 1 N–H and O–H groups in total. The van der Waals surface area contributed by atoms with E-state index in [9.17, 15) is 0 Å². The lowest BCUT2D eigenvalue weighted by Crippen LogP contribution is -2.48. The van der Waals surface area contributed by atoms with Crippen molar-refractivity contribution in [1.82, 2.24) is 5.32 Å². The van der Waals surface area contributed by atoms with Gasteiger partial charge < -0.3 is 14.8 Å². The normalized spacial score (nSPS) is 25.4. The summed E-state index contributed by atoms with van der Waals surface area (Å²) in [7, 11) is 1.98. The Kier molecular flexibility index (Phi) is 4.57. The molecule has 1 aromatic carbocycles. The zero-order chi connectivity index (χ0) is 14.9. The minimum Gasteiger partial charge on any atom is -0.490 e. The van der Waals surface area contributed by atoms with Gasteiger partial charge in [-0.15, -0.1) is 0 Å². The quantitative estimate of drug-likeness (QED) is 0.879. The molecular formula is C17H24BrNO2. The highest BCUT2D eigenvalue weighted by Crippen LogP contribution is 2.43. The molecule has 21 heavy (non-hydrogen) atoms. The Labute approximate surface area is 135 Å². The second kappa shape index (κ2) is 6.27. The summed E-state index contributed by atoms with van der Waals surface area (Å²) in [6.07, 6.45) is 6.01. The van der Waals surface area contributed by atoms with E-state index in [1.165, 1.54) is 24.8 Å². The van der Waals surface area contributed by atoms with E-state index in [1.54, 1.807) is 0 Å². The second-order valence-electron chi connectivity index (χ2n) is 6.31. The van der Waals surface area contributed by atoms with Crippen molar-refractivity contribution in [3.8, 4) is 5.75 Å². The second-order valence-corrected chi connectivity index (χ2v) is 7.23. The Bertz CT molecular complexity index is 502. The van der Waals surface area contributed by atoms with Crippen molar-refractivity contribution in [3.63, 3.8) is 0 Å². The molecule has 0 amide bonds. The van der Waals surface area contributed by atoms with Crippen LogP contribution in [0.25, 0.3) is 0 Å². The average Bonchev–Trinajstić information content (AvgIpc) is 2.47. The van der Waals surface area contributed by atoms with Crippen LogP contribution in [0.1, 0.15) is 50.6 Å². The summed E-state index contributed by atoms with van der Waals surface area (Å²) in [6, 6.07) is 6.56. The number of hydrogen-bond acceptors (Lipinski definition) is 3. The lowest BCUT2D eigenvalue weighted by atomic mass is 9.74. The van der Waals surface area contributed by atoms with E-state index >= 15 is 0 Å². The smallest absolute Gasteiger partial charge is 0.124 e. The van der Waals surface area contributed by atoms with Gasteiger partial charge in [-0.3, -0.25) is 0 Å². The lowest BCUT2D eigenvalue weighted by Gasteiger charge is -2.47. The van der Waals surface area contributed by atoms with E-state index < -0.39 is 0 Å². The molecule has 2 atom stereocenters. The van der Waals surface area contributed by atoms with Gasteiger partial charge in [-0.1, -0.05) is 15.9 Å². The molecule has 1 saturated carbocycles. The predicted octanol–water partition coefficient (Wildman–Crippen LogP) is 4.21. The third kappa shape index (κ3) is 3.27. The van der Waals surface area contributed by atoms with Crippen molar-refractivity contribution in [2.24, 2.45) is 0 Å². The van der Waals surface area contributed by atoms with Crippen LogP contribution in [-0.4, -0.2) is 25.4 Å². The third-order valence-electron chi connectivity index (χ3n) is 4.88. The first-order valence-electron chi connectivity index (χ1n) is 7.89. The molecule has 3 nitrogen and oxygen atoms in total. The Morgan fingerprint density at radius 3 is 2.90 bits per heavy atom. The summed E-state index contributed by atoms with van der Waals surface area (Å²) in [5.41, 5.74) is 1.34. The molecule has 1 spiro atoms. The molecule has 1 saturated heterocycles. The zero-order valence-electron chi connectivity index (χ0n) is 12.8. The molecule has 4 heteroatoms. The van der Waals surface area contributed by atoms with Crippen molar-refractivity contribution >= 4 is 15.9 Å². The van der Waals surface area contributed by atoms with Gasteiger partial charge in [-0.2, -0.15) is 0 Å². The molecule has 0 aromatic heterocycles. The Hall–Kier alpha value is -0.580. The first-order chi connectivity index (χ1) is 10.1. The fourth-order valence-electron chi connectivity index (χ4n) is 3.30. The topological polar surface area (TPSA) is 30.5 Å². The maximum absolute atomic E-state index is 6.35. The van der Waals surface area contributed by atoms with E-state index in [4.69, 9.17) is 9.47 Å². The van der Waals surface area contributed by atoms with Crippen molar-refractivity contribution in [2.75, 3.05) is 13.7 Å². The highest BCUT2D eigenvalue weighted by Gasteiger charge is 2.43. The summed E-state index contributed by atoms with van der Waals surface area (Å²) in [5.74, 6) is 1.00. The predicted molar refractivity (Wildman–Crippen MR) is 87.8 cm³/mol. The minimum absolute atomic E-state index is 0.132. The Morgan fingerprint density at radius 2 is 2.24 bits per heavy atom. The van der Waals surface area contributed by atoms with Crippen LogP contribution in [0.15, 0.2) is 22.7 Å². The van der Waals surface area contributed by atoms with Crippen molar-refractivity contribution in [1.29, 1.82) is 0 Å². The summed E-state index contributed by atoms with van der Waals surface area (Å²) >= 11 is 3.55. The molecular weight excluding hydrogens is 330 g/mol. The number of hydrogen-bond donors (Lipinski definition) is 1. The van der Waals surface area contributed by atoms with Gasteiger partial charge in [0.05, 0.1) is 12.2 Å². The molecule has 1 heterocycles. The van der Waals surface area contributed by atoms with Crippen LogP contribution >= 0.6 is 15.9 Å². The SMILES string of the molecule is CNC(C)c1cc(Br)ccc1OC1CCOC2(CCC2)C1. The fraction of sp³-hybridized carbons (Fsp3) is 0.647. The summed E-state index contributed by atoms with van der Waals surface area (Å²) in [5, 5.41) is 3.30. The largest absolute Gasteiger partial charge is 0.490 e. The van der Waals surface area contributed by atoms with Gasteiger partial charge in [0.1, 0.15) is 11.9 Å². The van der Waals surface area contributed by atoms with Gasteiger partial charge in [0.2, 0.25) is 0 Å². The Balaban J connectivity index is 1.74. The first kappa shape index (κ1) is 15.3. The summed E-state index contributed by atoms with van der Waals surface area (Å²) < 4.78 is 13.4. The van der Waals surface area contributed by atoms with Crippen LogP contribution in [-0.2, 0) is 4.74 Å². The molecule has 3 rings (SSSR count). The lowest BCUT2D eigenvalue weighted by molar-refractivity contribution is -0.153. The molecule has 0 bridgehead atoms. The third-order valence-corrected chi connectivity index (χ3v) is 5.37. The molecule has 1 aliphatic heterocycles. The number of halogens is 1.